The quantitative estimate of drug-likeness (QED) is 0.770. The van der Waals surface area contributed by atoms with Gasteiger partial charge >= 0.3 is 12.3 Å². The molecule has 1 N–H and O–H groups in total. The summed E-state index contributed by atoms with van der Waals surface area (Å²) in [5.74, 6) is -0.369. The number of carbonyl (C=O) groups is 2. The fraction of sp³-hybridized carbons (Fsp3) is 0.250. The average molecular weight is 216 g/mol. The highest BCUT2D eigenvalue weighted by Crippen LogP contribution is 2.28. The number of hydrogen-bond donors (Lipinski definition) is 1. The van der Waals surface area contributed by atoms with Crippen molar-refractivity contribution in [3.05, 3.63) is 12.5 Å². The molecule has 0 amide bonds. The van der Waals surface area contributed by atoms with Crippen molar-refractivity contribution in [2.24, 2.45) is 0 Å². The molecule has 0 saturated carbocycles. The van der Waals surface area contributed by atoms with Crippen LogP contribution in [0.2, 0.25) is 0 Å². The van der Waals surface area contributed by atoms with Gasteiger partial charge in [0.1, 0.15) is 12.5 Å². The first-order valence-corrected chi connectivity index (χ1v) is 3.95. The summed E-state index contributed by atoms with van der Waals surface area (Å²) in [5.41, 5.74) is 0. The molecule has 0 aliphatic rings. The normalized spacial score (nSPS) is 9.40. The van der Waals surface area contributed by atoms with E-state index in [-0.39, 0.29) is 18.1 Å². The number of rotatable bonds is 3. The van der Waals surface area contributed by atoms with E-state index in [0.29, 0.717) is 0 Å². The summed E-state index contributed by atoms with van der Waals surface area (Å²) < 4.78 is 17.9. The fourth-order valence-corrected chi connectivity index (χ4v) is 0.754. The zero-order valence-corrected chi connectivity index (χ0v) is 7.76. The van der Waals surface area contributed by atoms with Crippen molar-refractivity contribution in [1.82, 2.24) is 0 Å². The smallest absolute Gasteiger partial charge is 0.465 e. The predicted octanol–water partition coefficient (Wildman–Crippen LogP) is 1.87. The van der Waals surface area contributed by atoms with Gasteiger partial charge in [-0.05, 0) is 6.92 Å². The Labute approximate surface area is 84.1 Å². The largest absolute Gasteiger partial charge is 0.514 e. The summed E-state index contributed by atoms with van der Waals surface area (Å²) >= 11 is 0. The van der Waals surface area contributed by atoms with Crippen molar-refractivity contribution in [3.63, 3.8) is 0 Å². The van der Waals surface area contributed by atoms with Gasteiger partial charge < -0.3 is 23.7 Å². The SMILES string of the molecule is CCOC(=O)Oc1cocc1OC(=O)O. The molecule has 1 aromatic heterocycles. The molecule has 0 atom stereocenters. The van der Waals surface area contributed by atoms with Gasteiger partial charge in [-0.3, -0.25) is 0 Å². The average Bonchev–Trinajstić information content (AvgIpc) is 2.52. The molecule has 0 saturated heterocycles. The summed E-state index contributed by atoms with van der Waals surface area (Å²) in [6.07, 6.45) is -0.489. The van der Waals surface area contributed by atoms with Crippen molar-refractivity contribution < 1.29 is 33.3 Å². The second-order valence-corrected chi connectivity index (χ2v) is 2.25. The standard InChI is InChI=1S/C8H8O7/c1-2-13-8(11)15-6-4-12-3-5(6)14-7(9)10/h3-4H,2H2,1H3,(H,9,10). The predicted molar refractivity (Wildman–Crippen MR) is 45.0 cm³/mol. The molecule has 1 heterocycles. The van der Waals surface area contributed by atoms with Gasteiger partial charge in [-0.2, -0.15) is 0 Å². The van der Waals surface area contributed by atoms with E-state index < -0.39 is 12.3 Å². The van der Waals surface area contributed by atoms with Gasteiger partial charge in [0.15, 0.2) is 0 Å². The third-order valence-electron chi connectivity index (χ3n) is 1.25. The molecule has 1 rings (SSSR count). The van der Waals surface area contributed by atoms with Crippen molar-refractivity contribution in [1.29, 1.82) is 0 Å². The van der Waals surface area contributed by atoms with Crippen LogP contribution in [-0.4, -0.2) is 24.0 Å². The van der Waals surface area contributed by atoms with Crippen LogP contribution in [-0.2, 0) is 4.74 Å². The minimum absolute atomic E-state index is 0.145. The zero-order valence-electron chi connectivity index (χ0n) is 7.76. The lowest BCUT2D eigenvalue weighted by Gasteiger charge is -2.02. The maximum absolute atomic E-state index is 10.9. The molecule has 0 aromatic carbocycles. The van der Waals surface area contributed by atoms with Crippen LogP contribution in [0.3, 0.4) is 0 Å². The summed E-state index contributed by atoms with van der Waals surface area (Å²) in [7, 11) is 0. The van der Waals surface area contributed by atoms with Gasteiger partial charge in [0, 0.05) is 0 Å². The summed E-state index contributed by atoms with van der Waals surface area (Å²) in [6.45, 7) is 1.75. The summed E-state index contributed by atoms with van der Waals surface area (Å²) in [4.78, 5) is 21.1. The molecule has 7 heteroatoms. The highest BCUT2D eigenvalue weighted by atomic mass is 16.7. The van der Waals surface area contributed by atoms with E-state index >= 15 is 0 Å². The molecule has 0 radical (unpaired) electrons. The van der Waals surface area contributed by atoms with Crippen LogP contribution < -0.4 is 9.47 Å². The molecule has 1 aromatic rings. The fourth-order valence-electron chi connectivity index (χ4n) is 0.754. The van der Waals surface area contributed by atoms with Gasteiger partial charge in [-0.25, -0.2) is 9.59 Å². The Bertz CT molecular complexity index is 354. The van der Waals surface area contributed by atoms with E-state index in [0.717, 1.165) is 12.5 Å². The monoisotopic (exact) mass is 216 g/mol. The van der Waals surface area contributed by atoms with E-state index in [1.165, 1.54) is 0 Å². The van der Waals surface area contributed by atoms with E-state index in [1.807, 2.05) is 0 Å². The maximum Gasteiger partial charge on any atom is 0.514 e. The third kappa shape index (κ3) is 3.22. The van der Waals surface area contributed by atoms with Crippen LogP contribution >= 0.6 is 0 Å². The van der Waals surface area contributed by atoms with Crippen molar-refractivity contribution in [3.8, 4) is 11.5 Å². The molecule has 0 spiro atoms. The number of carbonyl (C=O) groups excluding carboxylic acids is 1. The molecular formula is C8H8O7. The van der Waals surface area contributed by atoms with E-state index in [2.05, 4.69) is 18.6 Å². The van der Waals surface area contributed by atoms with Crippen LogP contribution in [0, 0.1) is 0 Å². The second-order valence-electron chi connectivity index (χ2n) is 2.25. The first kappa shape index (κ1) is 10.9. The molecule has 0 bridgehead atoms. The Morgan fingerprint density at radius 1 is 1.33 bits per heavy atom. The lowest BCUT2D eigenvalue weighted by atomic mass is 10.5. The Morgan fingerprint density at radius 2 is 1.93 bits per heavy atom. The number of furan rings is 1. The first-order valence-electron chi connectivity index (χ1n) is 3.95. The Hall–Kier alpha value is -2.18. The second kappa shape index (κ2) is 4.89. The molecule has 0 aliphatic heterocycles. The van der Waals surface area contributed by atoms with Crippen LogP contribution in [0.25, 0.3) is 0 Å². The Morgan fingerprint density at radius 3 is 2.47 bits per heavy atom. The molecule has 0 fully saturated rings. The van der Waals surface area contributed by atoms with Crippen LogP contribution in [0.1, 0.15) is 6.92 Å². The van der Waals surface area contributed by atoms with Crippen LogP contribution in [0.5, 0.6) is 11.5 Å². The molecule has 0 unspecified atom stereocenters. The number of hydrogen-bond acceptors (Lipinski definition) is 6. The van der Waals surface area contributed by atoms with Crippen molar-refractivity contribution in [2.45, 2.75) is 6.92 Å². The molecule has 15 heavy (non-hydrogen) atoms. The first-order chi connectivity index (χ1) is 7.13. The van der Waals surface area contributed by atoms with Gasteiger partial charge in [0.25, 0.3) is 0 Å². The number of ether oxygens (including phenoxy) is 3. The maximum atomic E-state index is 10.9. The van der Waals surface area contributed by atoms with Gasteiger partial charge in [-0.1, -0.05) is 0 Å². The van der Waals surface area contributed by atoms with Gasteiger partial charge in [-0.15, -0.1) is 0 Å². The minimum atomic E-state index is -1.54. The third-order valence-corrected chi connectivity index (χ3v) is 1.25. The zero-order chi connectivity index (χ0) is 11.3. The van der Waals surface area contributed by atoms with Gasteiger partial charge in [0.2, 0.25) is 11.5 Å². The lowest BCUT2D eigenvalue weighted by molar-refractivity contribution is 0.101. The van der Waals surface area contributed by atoms with Gasteiger partial charge in [0.05, 0.1) is 6.61 Å². The summed E-state index contributed by atoms with van der Waals surface area (Å²) in [6, 6.07) is 0. The van der Waals surface area contributed by atoms with E-state index in [9.17, 15) is 9.59 Å². The molecular weight excluding hydrogens is 208 g/mol. The van der Waals surface area contributed by atoms with Crippen molar-refractivity contribution in [2.75, 3.05) is 6.61 Å². The van der Waals surface area contributed by atoms with Crippen molar-refractivity contribution >= 4 is 12.3 Å². The highest BCUT2D eigenvalue weighted by molar-refractivity contribution is 5.67. The number of carboxylic acid groups (broad SMARTS) is 1. The highest BCUT2D eigenvalue weighted by Gasteiger charge is 2.15. The topological polar surface area (TPSA) is 95.2 Å². The van der Waals surface area contributed by atoms with E-state index in [1.54, 1.807) is 6.92 Å². The molecule has 0 aliphatic carbocycles. The molecule has 7 nitrogen and oxygen atoms in total. The molecule has 82 valence electrons. The Balaban J connectivity index is 2.64. The summed E-state index contributed by atoms with van der Waals surface area (Å²) in [5, 5.41) is 8.31. The van der Waals surface area contributed by atoms with E-state index in [4.69, 9.17) is 5.11 Å². The Kier molecular flexibility index (Phi) is 3.55. The van der Waals surface area contributed by atoms with Crippen LogP contribution in [0.15, 0.2) is 16.9 Å². The minimum Gasteiger partial charge on any atom is -0.465 e. The van der Waals surface area contributed by atoms with Crippen LogP contribution in [0.4, 0.5) is 9.59 Å². The lowest BCUT2D eigenvalue weighted by Crippen LogP contribution is -2.11.